The molecule has 9 heteroatoms. The Morgan fingerprint density at radius 2 is 1.70 bits per heavy atom. The lowest BCUT2D eigenvalue weighted by molar-refractivity contribution is -0.138. The van der Waals surface area contributed by atoms with E-state index in [1.54, 1.807) is 34.3 Å². The molecule has 2 unspecified atom stereocenters. The summed E-state index contributed by atoms with van der Waals surface area (Å²) in [6, 6.07) is 6.42. The van der Waals surface area contributed by atoms with Crippen molar-refractivity contribution < 1.29 is 33.6 Å². The van der Waals surface area contributed by atoms with Gasteiger partial charge in [0.05, 0.1) is 34.5 Å². The van der Waals surface area contributed by atoms with Crippen LogP contribution in [0.2, 0.25) is 0 Å². The van der Waals surface area contributed by atoms with Crippen LogP contribution < -0.4 is 29.7 Å². The van der Waals surface area contributed by atoms with Crippen molar-refractivity contribution in [3.05, 3.63) is 80.1 Å². The first-order valence-electron chi connectivity index (χ1n) is 15.7. The lowest BCUT2D eigenvalue weighted by Gasteiger charge is -2.39. The average Bonchev–Trinajstić information content (AvgIpc) is 3.72. The molecular weight excluding hydrogens is 586 g/mol. The second-order valence-electron chi connectivity index (χ2n) is 12.9. The van der Waals surface area contributed by atoms with Gasteiger partial charge >= 0.3 is 0 Å². The van der Waals surface area contributed by atoms with Crippen molar-refractivity contribution >= 4 is 11.7 Å². The number of amides is 1. The van der Waals surface area contributed by atoms with Crippen LogP contribution in [-0.2, 0) is 16.0 Å². The van der Waals surface area contributed by atoms with E-state index in [0.717, 1.165) is 33.4 Å². The third-order valence-corrected chi connectivity index (χ3v) is 10.5. The maximum atomic E-state index is 13.6. The maximum Gasteiger partial charge on any atom is 0.220 e. The Kier molecular flexibility index (Phi) is 7.87. The van der Waals surface area contributed by atoms with Gasteiger partial charge in [-0.05, 0) is 104 Å². The smallest absolute Gasteiger partial charge is 0.220 e. The van der Waals surface area contributed by atoms with Gasteiger partial charge in [-0.1, -0.05) is 17.7 Å². The first kappa shape index (κ1) is 31.6. The van der Waals surface area contributed by atoms with Gasteiger partial charge in [-0.15, -0.1) is 0 Å². The van der Waals surface area contributed by atoms with Crippen LogP contribution >= 0.6 is 0 Å². The van der Waals surface area contributed by atoms with Crippen molar-refractivity contribution in [1.82, 2.24) is 5.32 Å². The van der Waals surface area contributed by atoms with Gasteiger partial charge in [0.15, 0.2) is 23.0 Å². The van der Waals surface area contributed by atoms with Gasteiger partial charge < -0.3 is 29.4 Å². The quantitative estimate of drug-likeness (QED) is 0.411. The number of ketones is 1. The van der Waals surface area contributed by atoms with Crippen molar-refractivity contribution in [3.8, 4) is 34.1 Å². The van der Waals surface area contributed by atoms with Crippen molar-refractivity contribution in [2.45, 2.75) is 64.5 Å². The van der Waals surface area contributed by atoms with E-state index in [9.17, 15) is 19.5 Å². The maximum absolute atomic E-state index is 13.6. The molecule has 46 heavy (non-hydrogen) atoms. The molecule has 0 heterocycles. The Morgan fingerprint density at radius 3 is 2.37 bits per heavy atom. The number of carbonyl (C=O) groups excluding carboxylic acids is 2. The van der Waals surface area contributed by atoms with E-state index in [-0.39, 0.29) is 35.2 Å². The molecule has 6 rings (SSSR count). The van der Waals surface area contributed by atoms with E-state index < -0.39 is 17.1 Å². The topological polar surface area (TPSA) is 120 Å². The fourth-order valence-electron chi connectivity index (χ4n) is 8.14. The number of carbonyl (C=O) groups is 2. The summed E-state index contributed by atoms with van der Waals surface area (Å²) in [5, 5.41) is 14.8. The molecule has 4 aliphatic rings. The Hall–Kier alpha value is -4.37. The van der Waals surface area contributed by atoms with Crippen molar-refractivity contribution in [2.24, 2.45) is 11.3 Å². The molecule has 1 spiro atoms. The van der Waals surface area contributed by atoms with Crippen molar-refractivity contribution in [3.63, 3.8) is 0 Å². The minimum Gasteiger partial charge on any atom is -0.493 e. The summed E-state index contributed by atoms with van der Waals surface area (Å²) < 4.78 is 22.5. The van der Waals surface area contributed by atoms with Crippen molar-refractivity contribution in [1.29, 1.82) is 0 Å². The number of rotatable bonds is 8. The molecule has 0 radical (unpaired) electrons. The highest BCUT2D eigenvalue weighted by molar-refractivity contribution is 6.10. The molecule has 0 saturated heterocycles. The number of benzene rings is 1. The van der Waals surface area contributed by atoms with Gasteiger partial charge in [0.2, 0.25) is 17.1 Å². The van der Waals surface area contributed by atoms with E-state index in [1.807, 2.05) is 38.1 Å². The highest BCUT2D eigenvalue weighted by atomic mass is 16.5. The van der Waals surface area contributed by atoms with Gasteiger partial charge in [0, 0.05) is 23.0 Å². The van der Waals surface area contributed by atoms with E-state index in [2.05, 4.69) is 5.32 Å². The molecule has 4 atom stereocenters. The zero-order valence-electron chi connectivity index (χ0n) is 27.5. The monoisotopic (exact) mass is 627 g/mol. The number of allylic oxidation sites excluding steroid dienone is 4. The number of hydrogen-bond acceptors (Lipinski definition) is 8. The number of Topliss-reactive ketones (excluding diaryl/α,β-unsaturated/α-hetero) is 1. The van der Waals surface area contributed by atoms with E-state index in [0.29, 0.717) is 54.1 Å². The molecular formula is C37H41NO8. The summed E-state index contributed by atoms with van der Waals surface area (Å²) in [7, 11) is 6.12. The predicted octanol–water partition coefficient (Wildman–Crippen LogP) is 5.17. The first-order valence-corrected chi connectivity index (χ1v) is 15.7. The van der Waals surface area contributed by atoms with Crippen LogP contribution in [0, 0.1) is 11.3 Å². The van der Waals surface area contributed by atoms with E-state index >= 15 is 0 Å². The number of methoxy groups -OCH3 is 4. The van der Waals surface area contributed by atoms with Crippen LogP contribution in [-0.4, -0.2) is 50.8 Å². The second-order valence-corrected chi connectivity index (χ2v) is 12.9. The largest absolute Gasteiger partial charge is 0.493 e. The molecule has 242 valence electrons. The van der Waals surface area contributed by atoms with E-state index in [1.165, 1.54) is 13.2 Å². The zero-order valence-corrected chi connectivity index (χ0v) is 27.5. The molecule has 4 aliphatic carbocycles. The van der Waals surface area contributed by atoms with Crippen LogP contribution in [0.5, 0.6) is 23.0 Å². The lowest BCUT2D eigenvalue weighted by atomic mass is 9.66. The van der Waals surface area contributed by atoms with Crippen molar-refractivity contribution in [2.75, 3.05) is 28.4 Å². The Bertz CT molecular complexity index is 1820. The number of aliphatic hydroxyl groups is 1. The first-order chi connectivity index (χ1) is 21.9. The van der Waals surface area contributed by atoms with Gasteiger partial charge in [0.25, 0.3) is 0 Å². The van der Waals surface area contributed by atoms with Gasteiger partial charge in [-0.3, -0.25) is 14.4 Å². The minimum atomic E-state index is -1.53. The molecule has 2 aromatic rings. The normalized spacial score (nSPS) is 25.9. The lowest BCUT2D eigenvalue weighted by Crippen LogP contribution is -2.50. The molecule has 9 nitrogen and oxygen atoms in total. The summed E-state index contributed by atoms with van der Waals surface area (Å²) in [4.78, 5) is 40.2. The SMILES string of the molecule is COc1cc2c(c(OC)c1OC)-c1ccc(OC)c(=O)cc1[C@@H](NC(=O)CCC1C[C@@]13C(C)=C1C=C(C)C=C1C(=O)C3(C)O)CC2. The molecule has 1 saturated carbocycles. The third kappa shape index (κ3) is 4.66. The van der Waals surface area contributed by atoms with E-state index in [4.69, 9.17) is 18.9 Å². The highest BCUT2D eigenvalue weighted by Gasteiger charge is 2.70. The Labute approximate surface area is 268 Å². The number of ether oxygens (including phenoxy) is 4. The van der Waals surface area contributed by atoms with Crippen LogP contribution in [0.4, 0.5) is 0 Å². The standard InChI is InChI=1S/C37H41NO8/c1-19-14-24-20(2)37(36(3,42)35(41)26(24)15-19)18-22(37)9-13-31(40)38-27-11-8-21-16-30(44-5)33(45-6)34(46-7)32(21)23-10-12-29(43-4)28(39)17-25(23)27/h10,12,14-17,22,27,42H,8-9,11,13,18H2,1-7H3,(H,38,40)/t22?,27-,36?,37+/m0/s1. The summed E-state index contributed by atoms with van der Waals surface area (Å²) in [6.07, 6.45) is 6.35. The number of hydrogen-bond donors (Lipinski definition) is 2. The number of fused-ring (bicyclic) bond motifs is 4. The van der Waals surface area contributed by atoms with Crippen LogP contribution in [0.15, 0.2) is 63.5 Å². The summed E-state index contributed by atoms with van der Waals surface area (Å²) in [6.45, 7) is 5.58. The molecule has 0 aliphatic heterocycles. The summed E-state index contributed by atoms with van der Waals surface area (Å²) >= 11 is 0. The fraction of sp³-hybridized carbons (Fsp3) is 0.432. The third-order valence-electron chi connectivity index (χ3n) is 10.5. The summed E-state index contributed by atoms with van der Waals surface area (Å²) in [5.41, 5.74) is 4.07. The molecule has 2 N–H and O–H groups in total. The Morgan fingerprint density at radius 1 is 0.978 bits per heavy atom. The Balaban J connectivity index is 1.30. The highest BCUT2D eigenvalue weighted by Crippen LogP contribution is 2.69. The van der Waals surface area contributed by atoms with Crippen LogP contribution in [0.25, 0.3) is 11.1 Å². The molecule has 2 aromatic carbocycles. The molecule has 1 fully saturated rings. The van der Waals surface area contributed by atoms with Gasteiger partial charge in [-0.2, -0.15) is 0 Å². The fourth-order valence-corrected chi connectivity index (χ4v) is 8.14. The molecule has 0 aromatic heterocycles. The minimum absolute atomic E-state index is 0.00859. The average molecular weight is 628 g/mol. The van der Waals surface area contributed by atoms with Crippen LogP contribution in [0.1, 0.15) is 63.6 Å². The second kappa shape index (κ2) is 11.5. The molecule has 0 bridgehead atoms. The summed E-state index contributed by atoms with van der Waals surface area (Å²) in [5.74, 6) is 1.20. The zero-order chi connectivity index (χ0) is 33.1. The molecule has 1 amide bonds. The van der Waals surface area contributed by atoms with Crippen LogP contribution in [0.3, 0.4) is 0 Å². The number of aryl methyl sites for hydroxylation is 1. The van der Waals surface area contributed by atoms with Gasteiger partial charge in [-0.25, -0.2) is 0 Å². The predicted molar refractivity (Wildman–Crippen MR) is 174 cm³/mol. The number of nitrogens with one attached hydrogen (secondary N) is 1. The van der Waals surface area contributed by atoms with Gasteiger partial charge in [0.1, 0.15) is 5.60 Å².